The second kappa shape index (κ2) is 6.68. The predicted molar refractivity (Wildman–Crippen MR) is 91.9 cm³/mol. The molecule has 0 fully saturated rings. The molecule has 0 unspecified atom stereocenters. The first-order valence-corrected chi connectivity index (χ1v) is 8.59. The number of halogens is 1. The van der Waals surface area contributed by atoms with Gasteiger partial charge in [-0.15, -0.1) is 11.3 Å². The van der Waals surface area contributed by atoms with Crippen molar-refractivity contribution in [2.75, 3.05) is 6.54 Å². The molecule has 0 spiro atoms. The average molecular weight is 378 g/mol. The summed E-state index contributed by atoms with van der Waals surface area (Å²) in [6.45, 7) is 2.59. The topological polar surface area (TPSA) is 80.5 Å². The Balaban J connectivity index is 1.80. The zero-order valence-electron chi connectivity index (χ0n) is 12.1. The van der Waals surface area contributed by atoms with E-state index in [-0.39, 0.29) is 0 Å². The molecule has 0 saturated carbocycles. The van der Waals surface area contributed by atoms with Crippen LogP contribution in [-0.4, -0.2) is 26.7 Å². The van der Waals surface area contributed by atoms with Gasteiger partial charge in [-0.3, -0.25) is 5.10 Å². The number of hydrogen-bond donors (Lipinski definition) is 2. The van der Waals surface area contributed by atoms with Crippen LogP contribution >= 0.6 is 27.3 Å². The van der Waals surface area contributed by atoms with Crippen molar-refractivity contribution in [3.05, 3.63) is 50.8 Å². The minimum atomic E-state index is 0.606. The maximum Gasteiger partial charge on any atom is 0.193 e. The monoisotopic (exact) mass is 377 g/mol. The van der Waals surface area contributed by atoms with Crippen LogP contribution in [0.4, 0.5) is 0 Å². The van der Waals surface area contributed by atoms with Crippen molar-refractivity contribution in [2.45, 2.75) is 19.8 Å². The highest BCUT2D eigenvalue weighted by atomic mass is 79.9. The molecule has 0 aliphatic carbocycles. The van der Waals surface area contributed by atoms with E-state index < -0.39 is 0 Å². The summed E-state index contributed by atoms with van der Waals surface area (Å²) < 4.78 is 1.07. The van der Waals surface area contributed by atoms with Crippen LogP contribution in [0.5, 0.6) is 0 Å². The quantitative estimate of drug-likeness (QED) is 0.715. The van der Waals surface area contributed by atoms with Crippen LogP contribution in [0, 0.1) is 6.92 Å². The lowest BCUT2D eigenvalue weighted by Gasteiger charge is -1.97. The number of aromatic nitrogens is 4. The molecule has 0 aliphatic rings. The second-order valence-electron chi connectivity index (χ2n) is 4.97. The zero-order chi connectivity index (χ0) is 15.5. The molecule has 7 heteroatoms. The molecule has 1 aromatic carbocycles. The number of benzene rings is 1. The molecule has 22 heavy (non-hydrogen) atoms. The first-order chi connectivity index (χ1) is 10.7. The molecule has 0 saturated heterocycles. The van der Waals surface area contributed by atoms with E-state index in [4.69, 9.17) is 5.73 Å². The van der Waals surface area contributed by atoms with Crippen molar-refractivity contribution in [1.82, 2.24) is 20.2 Å². The number of nitrogens with one attached hydrogen (secondary N) is 1. The van der Waals surface area contributed by atoms with Crippen molar-refractivity contribution < 1.29 is 0 Å². The summed E-state index contributed by atoms with van der Waals surface area (Å²) in [5.41, 5.74) is 7.74. The fraction of sp³-hybridized carbons (Fsp3) is 0.267. The number of rotatable bonds is 5. The molecule has 3 N–H and O–H groups in total. The minimum Gasteiger partial charge on any atom is -0.330 e. The van der Waals surface area contributed by atoms with Crippen LogP contribution in [0.25, 0.3) is 10.7 Å². The maximum absolute atomic E-state index is 5.59. The first kappa shape index (κ1) is 15.3. The number of thiazole rings is 1. The van der Waals surface area contributed by atoms with Crippen molar-refractivity contribution >= 4 is 27.3 Å². The summed E-state index contributed by atoms with van der Waals surface area (Å²) >= 11 is 5.05. The molecule has 0 aliphatic heterocycles. The molecule has 2 aromatic heterocycles. The summed E-state index contributed by atoms with van der Waals surface area (Å²) in [6, 6.07) is 8.20. The number of H-pyrrole nitrogens is 1. The van der Waals surface area contributed by atoms with E-state index in [1.165, 1.54) is 5.56 Å². The Morgan fingerprint density at radius 2 is 2.00 bits per heavy atom. The predicted octanol–water partition coefficient (Wildman–Crippen LogP) is 3.09. The molecule has 0 bridgehead atoms. The van der Waals surface area contributed by atoms with Crippen molar-refractivity contribution in [2.24, 2.45) is 5.73 Å². The molecular formula is C15H16BrN5S. The van der Waals surface area contributed by atoms with Gasteiger partial charge in [-0.2, -0.15) is 5.10 Å². The smallest absolute Gasteiger partial charge is 0.193 e. The molecule has 3 aromatic rings. The van der Waals surface area contributed by atoms with E-state index in [0.29, 0.717) is 12.4 Å². The average Bonchev–Trinajstić information content (AvgIpc) is 3.09. The van der Waals surface area contributed by atoms with Gasteiger partial charge in [0.1, 0.15) is 5.82 Å². The molecule has 5 nitrogen and oxygen atoms in total. The first-order valence-electron chi connectivity index (χ1n) is 6.98. The molecule has 0 radical (unpaired) electrons. The van der Waals surface area contributed by atoms with Crippen LogP contribution in [-0.2, 0) is 12.8 Å². The number of hydrogen-bond acceptors (Lipinski definition) is 5. The van der Waals surface area contributed by atoms with E-state index in [0.717, 1.165) is 38.7 Å². The van der Waals surface area contributed by atoms with Crippen LogP contribution in [0.1, 0.15) is 22.1 Å². The van der Waals surface area contributed by atoms with Crippen molar-refractivity contribution in [1.29, 1.82) is 0 Å². The number of nitrogens with zero attached hydrogens (tertiary/aromatic N) is 3. The van der Waals surface area contributed by atoms with E-state index in [1.807, 2.05) is 19.1 Å². The third kappa shape index (κ3) is 3.43. The lowest BCUT2D eigenvalue weighted by Crippen LogP contribution is -2.01. The van der Waals surface area contributed by atoms with Crippen LogP contribution < -0.4 is 5.73 Å². The number of nitrogens with two attached hydrogens (primary N) is 1. The molecule has 2 heterocycles. The molecule has 0 atom stereocenters. The van der Waals surface area contributed by atoms with E-state index >= 15 is 0 Å². The number of aryl methyl sites for hydroxylation is 1. The third-order valence-corrected chi connectivity index (χ3v) is 4.96. The lowest BCUT2D eigenvalue weighted by atomic mass is 10.1. The molecular weight excluding hydrogens is 362 g/mol. The molecule has 3 rings (SSSR count). The van der Waals surface area contributed by atoms with Crippen molar-refractivity contribution in [3.63, 3.8) is 0 Å². The van der Waals surface area contributed by atoms with Crippen LogP contribution in [0.2, 0.25) is 0 Å². The van der Waals surface area contributed by atoms with E-state index in [9.17, 15) is 0 Å². The van der Waals surface area contributed by atoms with Crippen LogP contribution in [0.3, 0.4) is 0 Å². The van der Waals surface area contributed by atoms with E-state index in [1.54, 1.807) is 11.3 Å². The Bertz CT molecular complexity index is 763. The zero-order valence-corrected chi connectivity index (χ0v) is 14.5. The summed E-state index contributed by atoms with van der Waals surface area (Å²) in [5.74, 6) is 1.57. The Kier molecular flexibility index (Phi) is 4.66. The van der Waals surface area contributed by atoms with Gasteiger partial charge in [-0.05, 0) is 31.2 Å². The Morgan fingerprint density at radius 3 is 2.73 bits per heavy atom. The SMILES string of the molecule is Cc1nc(CCN)sc1-c1n[nH]c(Cc2ccc(Br)cc2)n1. The Labute approximate surface area is 141 Å². The van der Waals surface area contributed by atoms with Gasteiger partial charge in [0.25, 0.3) is 0 Å². The lowest BCUT2D eigenvalue weighted by molar-refractivity contribution is 0.945. The minimum absolute atomic E-state index is 0.606. The third-order valence-electron chi connectivity index (χ3n) is 3.22. The Hall–Kier alpha value is -1.57. The highest BCUT2D eigenvalue weighted by molar-refractivity contribution is 9.10. The van der Waals surface area contributed by atoms with Crippen molar-refractivity contribution in [3.8, 4) is 10.7 Å². The highest BCUT2D eigenvalue weighted by Crippen LogP contribution is 2.27. The van der Waals surface area contributed by atoms with Gasteiger partial charge in [0.2, 0.25) is 0 Å². The standard InChI is InChI=1S/C15H16BrN5S/c1-9-14(22-13(18-9)6-7-17)15-19-12(20-21-15)8-10-2-4-11(16)5-3-10/h2-5H,6-8,17H2,1H3,(H,19,20,21). The fourth-order valence-corrected chi connectivity index (χ4v) is 3.44. The van der Waals surface area contributed by atoms with Gasteiger partial charge in [0.05, 0.1) is 15.6 Å². The maximum atomic E-state index is 5.59. The number of aromatic amines is 1. The Morgan fingerprint density at radius 1 is 1.23 bits per heavy atom. The highest BCUT2D eigenvalue weighted by Gasteiger charge is 2.14. The van der Waals surface area contributed by atoms with Gasteiger partial charge in [0.15, 0.2) is 5.82 Å². The van der Waals surface area contributed by atoms with Gasteiger partial charge in [-0.1, -0.05) is 28.1 Å². The molecule has 114 valence electrons. The second-order valence-corrected chi connectivity index (χ2v) is 6.97. The summed E-state index contributed by atoms with van der Waals surface area (Å²) in [7, 11) is 0. The van der Waals surface area contributed by atoms with Gasteiger partial charge in [0, 0.05) is 17.3 Å². The van der Waals surface area contributed by atoms with Gasteiger partial charge < -0.3 is 5.73 Å². The van der Waals surface area contributed by atoms with Gasteiger partial charge >= 0.3 is 0 Å². The fourth-order valence-electron chi connectivity index (χ4n) is 2.16. The van der Waals surface area contributed by atoms with Gasteiger partial charge in [-0.25, -0.2) is 9.97 Å². The summed E-state index contributed by atoms with van der Waals surface area (Å²) in [4.78, 5) is 10.1. The normalized spacial score (nSPS) is 11.0. The largest absolute Gasteiger partial charge is 0.330 e. The summed E-state index contributed by atoms with van der Waals surface area (Å²) in [6.07, 6.45) is 1.52. The summed E-state index contributed by atoms with van der Waals surface area (Å²) in [5, 5.41) is 8.38. The van der Waals surface area contributed by atoms with E-state index in [2.05, 4.69) is 48.2 Å². The molecule has 0 amide bonds. The van der Waals surface area contributed by atoms with Crippen LogP contribution in [0.15, 0.2) is 28.7 Å².